The Labute approximate surface area is 111 Å². The van der Waals surface area contributed by atoms with Gasteiger partial charge < -0.3 is 5.73 Å². The van der Waals surface area contributed by atoms with Gasteiger partial charge in [-0.25, -0.2) is 0 Å². The summed E-state index contributed by atoms with van der Waals surface area (Å²) in [5, 5.41) is 0. The number of nitrogens with two attached hydrogens (primary N) is 1. The predicted octanol–water partition coefficient (Wildman–Crippen LogP) is 2.72. The van der Waals surface area contributed by atoms with Crippen LogP contribution in [0.2, 0.25) is 0 Å². The normalized spacial score (nSPS) is 26.5. The van der Waals surface area contributed by atoms with Crippen LogP contribution < -0.4 is 5.73 Å². The van der Waals surface area contributed by atoms with Crippen LogP contribution in [-0.2, 0) is 0 Å². The topological polar surface area (TPSA) is 29.3 Å². The fraction of sp³-hybridized carbons (Fsp3) is 1.00. The molecule has 17 heavy (non-hydrogen) atoms. The molecule has 2 N–H and O–H groups in total. The molecule has 2 aliphatic rings. The molecule has 1 aliphatic carbocycles. The highest BCUT2D eigenvalue weighted by atomic mass is 32.2. The summed E-state index contributed by atoms with van der Waals surface area (Å²) in [5.41, 5.74) is 6.68. The first kappa shape index (κ1) is 13.7. The van der Waals surface area contributed by atoms with E-state index < -0.39 is 0 Å². The summed E-state index contributed by atoms with van der Waals surface area (Å²) in [6.45, 7) is 3.44. The van der Waals surface area contributed by atoms with Gasteiger partial charge in [0.2, 0.25) is 0 Å². The van der Waals surface area contributed by atoms with Gasteiger partial charge in [-0.15, -0.1) is 0 Å². The van der Waals surface area contributed by atoms with E-state index in [4.69, 9.17) is 5.73 Å². The Hall–Kier alpha value is 0.270. The third kappa shape index (κ3) is 3.39. The van der Waals surface area contributed by atoms with Gasteiger partial charge in [0, 0.05) is 12.6 Å². The fourth-order valence-corrected chi connectivity index (χ4v) is 4.20. The van der Waals surface area contributed by atoms with Crippen molar-refractivity contribution >= 4 is 11.8 Å². The molecule has 0 aromatic carbocycles. The zero-order valence-corrected chi connectivity index (χ0v) is 12.1. The first-order chi connectivity index (χ1) is 8.29. The van der Waals surface area contributed by atoms with Crippen LogP contribution in [0.1, 0.15) is 44.9 Å². The van der Waals surface area contributed by atoms with Crippen LogP contribution in [0.15, 0.2) is 0 Å². The molecule has 1 saturated heterocycles. The molecule has 2 rings (SSSR count). The molecule has 1 atom stereocenters. The van der Waals surface area contributed by atoms with Gasteiger partial charge in [0.15, 0.2) is 0 Å². The van der Waals surface area contributed by atoms with Crippen LogP contribution in [0.3, 0.4) is 0 Å². The molecule has 3 heteroatoms. The number of thioether (sulfide) groups is 1. The van der Waals surface area contributed by atoms with Crippen molar-refractivity contribution in [2.75, 3.05) is 31.6 Å². The number of rotatable bonds is 5. The molecule has 1 saturated carbocycles. The van der Waals surface area contributed by atoms with Crippen molar-refractivity contribution in [2.45, 2.75) is 51.0 Å². The lowest BCUT2D eigenvalue weighted by Crippen LogP contribution is -2.47. The van der Waals surface area contributed by atoms with Crippen molar-refractivity contribution < 1.29 is 0 Å². The lowest BCUT2D eigenvalue weighted by Gasteiger charge is -2.42. The van der Waals surface area contributed by atoms with Gasteiger partial charge in [-0.3, -0.25) is 4.90 Å². The molecule has 1 heterocycles. The number of hydrogen-bond acceptors (Lipinski definition) is 3. The van der Waals surface area contributed by atoms with E-state index >= 15 is 0 Å². The minimum atomic E-state index is 0.640. The molecule has 1 spiro atoms. The van der Waals surface area contributed by atoms with Gasteiger partial charge in [-0.1, -0.05) is 12.8 Å². The summed E-state index contributed by atoms with van der Waals surface area (Å²) in [4.78, 5) is 2.67. The minimum Gasteiger partial charge on any atom is -0.329 e. The first-order valence-corrected chi connectivity index (χ1v) is 8.62. The maximum atomic E-state index is 5.94. The van der Waals surface area contributed by atoms with E-state index in [1.54, 1.807) is 0 Å². The molecule has 1 aliphatic heterocycles. The van der Waals surface area contributed by atoms with Crippen LogP contribution in [0.4, 0.5) is 0 Å². The van der Waals surface area contributed by atoms with Crippen molar-refractivity contribution in [3.63, 3.8) is 0 Å². The summed E-state index contributed by atoms with van der Waals surface area (Å²) >= 11 is 1.95. The van der Waals surface area contributed by atoms with Crippen LogP contribution >= 0.6 is 11.8 Å². The molecule has 2 nitrogen and oxygen atoms in total. The van der Waals surface area contributed by atoms with Crippen molar-refractivity contribution in [1.29, 1.82) is 0 Å². The van der Waals surface area contributed by atoms with Crippen LogP contribution in [0, 0.1) is 5.41 Å². The second-order valence-corrected chi connectivity index (χ2v) is 6.90. The van der Waals surface area contributed by atoms with Gasteiger partial charge in [0.05, 0.1) is 0 Å². The number of nitrogens with zero attached hydrogens (tertiary/aromatic N) is 1. The highest BCUT2D eigenvalue weighted by Crippen LogP contribution is 2.46. The quantitative estimate of drug-likeness (QED) is 0.820. The van der Waals surface area contributed by atoms with E-state index in [-0.39, 0.29) is 0 Å². The predicted molar refractivity (Wildman–Crippen MR) is 77.5 cm³/mol. The molecule has 2 fully saturated rings. The van der Waals surface area contributed by atoms with Crippen molar-refractivity contribution in [3.05, 3.63) is 0 Å². The molecule has 0 bridgehead atoms. The van der Waals surface area contributed by atoms with E-state index in [9.17, 15) is 0 Å². The lowest BCUT2D eigenvalue weighted by molar-refractivity contribution is 0.0772. The van der Waals surface area contributed by atoms with Crippen LogP contribution in [0.5, 0.6) is 0 Å². The van der Waals surface area contributed by atoms with Crippen molar-refractivity contribution in [1.82, 2.24) is 4.90 Å². The van der Waals surface area contributed by atoms with E-state index in [1.807, 2.05) is 11.8 Å². The number of likely N-dealkylation sites (tertiary alicyclic amines) is 1. The van der Waals surface area contributed by atoms with Gasteiger partial charge in [0.25, 0.3) is 0 Å². The summed E-state index contributed by atoms with van der Waals surface area (Å²) in [6, 6.07) is 0.640. The third-order valence-electron chi connectivity index (χ3n) is 4.97. The maximum absolute atomic E-state index is 5.94. The smallest absolute Gasteiger partial charge is 0.0226 e. The molecule has 0 amide bonds. The molecule has 1 unspecified atom stereocenters. The Kier molecular flexibility index (Phi) is 5.19. The van der Waals surface area contributed by atoms with Gasteiger partial charge in [-0.05, 0) is 62.6 Å². The molecular formula is C14H28N2S. The summed E-state index contributed by atoms with van der Waals surface area (Å²) in [7, 11) is 0. The van der Waals surface area contributed by atoms with E-state index in [2.05, 4.69) is 11.2 Å². The standard InChI is InChI=1S/C14H28N2S/c1-17-11-4-13(12-15)16-9-7-14(8-10-16)5-2-3-6-14/h13H,2-12,15H2,1H3. The first-order valence-electron chi connectivity index (χ1n) is 7.23. The largest absolute Gasteiger partial charge is 0.329 e. The van der Waals surface area contributed by atoms with Gasteiger partial charge >= 0.3 is 0 Å². The molecule has 0 radical (unpaired) electrons. The van der Waals surface area contributed by atoms with E-state index in [0.717, 1.165) is 12.0 Å². The molecular weight excluding hydrogens is 228 g/mol. The average Bonchev–Trinajstić information content (AvgIpc) is 2.81. The SMILES string of the molecule is CSCCC(CN)N1CCC2(CCCC2)CC1. The minimum absolute atomic E-state index is 0.640. The zero-order valence-electron chi connectivity index (χ0n) is 11.3. The molecule has 100 valence electrons. The summed E-state index contributed by atoms with van der Waals surface area (Å²) in [5.74, 6) is 1.25. The Balaban J connectivity index is 1.80. The highest BCUT2D eigenvalue weighted by Gasteiger charge is 2.37. The summed E-state index contributed by atoms with van der Waals surface area (Å²) in [6.07, 6.45) is 12.3. The second kappa shape index (κ2) is 6.44. The van der Waals surface area contributed by atoms with Gasteiger partial charge in [0.1, 0.15) is 0 Å². The Morgan fingerprint density at radius 1 is 1.18 bits per heavy atom. The second-order valence-electron chi connectivity index (χ2n) is 5.91. The number of piperidine rings is 1. The zero-order chi connectivity index (χ0) is 12.1. The average molecular weight is 256 g/mol. The Morgan fingerprint density at radius 3 is 2.35 bits per heavy atom. The third-order valence-corrected chi connectivity index (χ3v) is 5.61. The number of hydrogen-bond donors (Lipinski definition) is 1. The van der Waals surface area contributed by atoms with E-state index in [1.165, 1.54) is 63.8 Å². The van der Waals surface area contributed by atoms with E-state index in [0.29, 0.717) is 6.04 Å². The van der Waals surface area contributed by atoms with Crippen LogP contribution in [-0.4, -0.2) is 42.6 Å². The van der Waals surface area contributed by atoms with Crippen molar-refractivity contribution in [2.24, 2.45) is 11.1 Å². The van der Waals surface area contributed by atoms with Crippen molar-refractivity contribution in [3.8, 4) is 0 Å². The monoisotopic (exact) mass is 256 g/mol. The Bertz CT molecular complexity index is 216. The Morgan fingerprint density at radius 2 is 1.82 bits per heavy atom. The molecule has 0 aromatic rings. The fourth-order valence-electron chi connectivity index (χ4n) is 3.69. The van der Waals surface area contributed by atoms with Gasteiger partial charge in [-0.2, -0.15) is 11.8 Å². The highest BCUT2D eigenvalue weighted by molar-refractivity contribution is 7.98. The maximum Gasteiger partial charge on any atom is 0.0226 e. The lowest BCUT2D eigenvalue weighted by atomic mass is 9.77. The summed E-state index contributed by atoms with van der Waals surface area (Å²) < 4.78 is 0. The van der Waals surface area contributed by atoms with Crippen LogP contribution in [0.25, 0.3) is 0 Å². The molecule has 0 aromatic heterocycles.